The van der Waals surface area contributed by atoms with Crippen molar-refractivity contribution in [2.45, 2.75) is 32.5 Å². The van der Waals surface area contributed by atoms with Crippen LogP contribution >= 0.6 is 0 Å². The summed E-state index contributed by atoms with van der Waals surface area (Å²) >= 11 is 0. The standard InChI is InChI=1S/C16H25N3O2/c1-11-9-19(10-16(2,3)21-11)15(20)13-8-12(17)6-7-14(13)18(4)5/h6-8,11H,9-10,17H2,1-5H3. The Morgan fingerprint density at radius 2 is 2.10 bits per heavy atom. The van der Waals surface area contributed by atoms with Gasteiger partial charge < -0.3 is 20.3 Å². The monoisotopic (exact) mass is 291 g/mol. The van der Waals surface area contributed by atoms with E-state index in [1.807, 2.05) is 56.8 Å². The molecule has 1 aromatic carbocycles. The van der Waals surface area contributed by atoms with Crippen LogP contribution in [0.5, 0.6) is 0 Å². The van der Waals surface area contributed by atoms with Gasteiger partial charge in [-0.3, -0.25) is 4.79 Å². The zero-order valence-electron chi connectivity index (χ0n) is 13.5. The third kappa shape index (κ3) is 3.47. The Hall–Kier alpha value is -1.75. The molecular weight excluding hydrogens is 266 g/mol. The van der Waals surface area contributed by atoms with E-state index in [0.717, 1.165) is 5.69 Å². The number of amides is 1. The fourth-order valence-electron chi connectivity index (χ4n) is 2.89. The average molecular weight is 291 g/mol. The number of carbonyl (C=O) groups is 1. The molecule has 0 saturated carbocycles. The van der Waals surface area contributed by atoms with Gasteiger partial charge in [0.05, 0.1) is 17.3 Å². The van der Waals surface area contributed by atoms with Crippen LogP contribution in [0.2, 0.25) is 0 Å². The van der Waals surface area contributed by atoms with Crippen molar-refractivity contribution in [3.8, 4) is 0 Å². The Morgan fingerprint density at radius 1 is 1.43 bits per heavy atom. The van der Waals surface area contributed by atoms with Gasteiger partial charge in [0.25, 0.3) is 5.91 Å². The predicted octanol–water partition coefficient (Wildman–Crippen LogP) is 1.97. The van der Waals surface area contributed by atoms with E-state index in [-0.39, 0.29) is 17.6 Å². The number of rotatable bonds is 2. The molecule has 1 amide bonds. The van der Waals surface area contributed by atoms with E-state index in [0.29, 0.717) is 24.3 Å². The Kier molecular flexibility index (Phi) is 4.14. The Bertz CT molecular complexity index is 540. The SMILES string of the molecule is CC1CN(C(=O)c2cc(N)ccc2N(C)C)CC(C)(C)O1. The van der Waals surface area contributed by atoms with Gasteiger partial charge in [0, 0.05) is 38.6 Å². The molecule has 1 atom stereocenters. The second-order valence-electron chi connectivity index (χ2n) is 6.54. The highest BCUT2D eigenvalue weighted by atomic mass is 16.5. The number of carbonyl (C=O) groups excluding carboxylic acids is 1. The van der Waals surface area contributed by atoms with Crippen molar-refractivity contribution in [1.29, 1.82) is 0 Å². The van der Waals surface area contributed by atoms with Crippen molar-refractivity contribution < 1.29 is 9.53 Å². The van der Waals surface area contributed by atoms with Gasteiger partial charge in [0.1, 0.15) is 0 Å². The number of ether oxygens (including phenoxy) is 1. The summed E-state index contributed by atoms with van der Waals surface area (Å²) in [5.74, 6) is 0.00854. The van der Waals surface area contributed by atoms with Gasteiger partial charge in [0.2, 0.25) is 0 Å². The Labute approximate surface area is 126 Å². The van der Waals surface area contributed by atoms with Crippen molar-refractivity contribution in [2.75, 3.05) is 37.8 Å². The van der Waals surface area contributed by atoms with Gasteiger partial charge in [-0.15, -0.1) is 0 Å². The molecule has 1 saturated heterocycles. The highest BCUT2D eigenvalue weighted by Crippen LogP contribution is 2.27. The van der Waals surface area contributed by atoms with Crippen LogP contribution in [0, 0.1) is 0 Å². The molecule has 5 nitrogen and oxygen atoms in total. The summed E-state index contributed by atoms with van der Waals surface area (Å²) in [7, 11) is 3.85. The van der Waals surface area contributed by atoms with Crippen LogP contribution in [0.25, 0.3) is 0 Å². The molecule has 1 unspecified atom stereocenters. The van der Waals surface area contributed by atoms with Gasteiger partial charge in [-0.2, -0.15) is 0 Å². The maximum Gasteiger partial charge on any atom is 0.256 e. The lowest BCUT2D eigenvalue weighted by molar-refractivity contribution is -0.118. The molecule has 1 aliphatic heterocycles. The number of hydrogen-bond donors (Lipinski definition) is 1. The second-order valence-corrected chi connectivity index (χ2v) is 6.54. The third-order valence-electron chi connectivity index (χ3n) is 3.59. The predicted molar refractivity (Wildman–Crippen MR) is 85.7 cm³/mol. The lowest BCUT2D eigenvalue weighted by Gasteiger charge is -2.42. The van der Waals surface area contributed by atoms with Crippen molar-refractivity contribution >= 4 is 17.3 Å². The summed E-state index contributed by atoms with van der Waals surface area (Å²) in [6, 6.07) is 5.46. The summed E-state index contributed by atoms with van der Waals surface area (Å²) < 4.78 is 5.86. The average Bonchev–Trinajstić information content (AvgIpc) is 2.34. The number of anilines is 2. The smallest absolute Gasteiger partial charge is 0.256 e. The van der Waals surface area contributed by atoms with Gasteiger partial charge in [0.15, 0.2) is 0 Å². The minimum atomic E-state index is -0.327. The minimum absolute atomic E-state index is 0.00854. The molecule has 5 heteroatoms. The molecule has 1 aliphatic rings. The van der Waals surface area contributed by atoms with E-state index >= 15 is 0 Å². The second kappa shape index (κ2) is 5.56. The first kappa shape index (κ1) is 15.6. The zero-order valence-corrected chi connectivity index (χ0v) is 13.5. The van der Waals surface area contributed by atoms with E-state index in [9.17, 15) is 4.79 Å². The fraction of sp³-hybridized carbons (Fsp3) is 0.562. The largest absolute Gasteiger partial charge is 0.399 e. The number of morpholine rings is 1. The molecule has 0 bridgehead atoms. The van der Waals surface area contributed by atoms with Crippen LogP contribution in [-0.2, 0) is 4.74 Å². The zero-order chi connectivity index (χ0) is 15.8. The summed E-state index contributed by atoms with van der Waals surface area (Å²) in [6.07, 6.45) is 0.0292. The van der Waals surface area contributed by atoms with E-state index < -0.39 is 0 Å². The number of nitrogen functional groups attached to an aromatic ring is 1. The summed E-state index contributed by atoms with van der Waals surface area (Å²) in [6.45, 7) is 7.19. The molecule has 1 fully saturated rings. The molecule has 21 heavy (non-hydrogen) atoms. The topological polar surface area (TPSA) is 58.8 Å². The van der Waals surface area contributed by atoms with Crippen molar-refractivity contribution in [3.05, 3.63) is 23.8 Å². The van der Waals surface area contributed by atoms with Crippen molar-refractivity contribution in [2.24, 2.45) is 0 Å². The lowest BCUT2D eigenvalue weighted by atomic mass is 10.0. The maximum atomic E-state index is 12.9. The molecule has 0 aromatic heterocycles. The van der Waals surface area contributed by atoms with Gasteiger partial charge in [-0.1, -0.05) is 0 Å². The van der Waals surface area contributed by atoms with E-state index in [1.54, 1.807) is 6.07 Å². The minimum Gasteiger partial charge on any atom is -0.399 e. The maximum absolute atomic E-state index is 12.9. The first-order valence-electron chi connectivity index (χ1n) is 7.23. The molecule has 1 heterocycles. The first-order valence-corrected chi connectivity index (χ1v) is 7.23. The molecule has 0 spiro atoms. The molecular formula is C16H25N3O2. The van der Waals surface area contributed by atoms with Crippen LogP contribution in [0.1, 0.15) is 31.1 Å². The summed E-state index contributed by atoms with van der Waals surface area (Å²) in [5, 5.41) is 0. The third-order valence-corrected chi connectivity index (χ3v) is 3.59. The normalized spacial score (nSPS) is 21.2. The lowest BCUT2D eigenvalue weighted by Crippen LogP contribution is -2.53. The molecule has 1 aromatic rings. The van der Waals surface area contributed by atoms with E-state index in [2.05, 4.69) is 0 Å². The number of hydrogen-bond acceptors (Lipinski definition) is 4. The van der Waals surface area contributed by atoms with Gasteiger partial charge in [-0.05, 0) is 39.0 Å². The van der Waals surface area contributed by atoms with Crippen LogP contribution in [0.3, 0.4) is 0 Å². The Balaban J connectivity index is 2.33. The molecule has 116 valence electrons. The summed E-state index contributed by atoms with van der Waals surface area (Å²) in [4.78, 5) is 16.7. The molecule has 2 N–H and O–H groups in total. The first-order chi connectivity index (χ1) is 9.69. The summed E-state index contributed by atoms with van der Waals surface area (Å²) in [5.41, 5.74) is 7.66. The number of benzene rings is 1. The number of nitrogens with two attached hydrogens (primary N) is 1. The van der Waals surface area contributed by atoms with Crippen molar-refractivity contribution in [3.63, 3.8) is 0 Å². The van der Waals surface area contributed by atoms with Crippen LogP contribution < -0.4 is 10.6 Å². The highest BCUT2D eigenvalue weighted by Gasteiger charge is 2.34. The van der Waals surface area contributed by atoms with E-state index in [4.69, 9.17) is 10.5 Å². The molecule has 2 rings (SSSR count). The van der Waals surface area contributed by atoms with Crippen molar-refractivity contribution in [1.82, 2.24) is 4.90 Å². The van der Waals surface area contributed by atoms with Crippen LogP contribution in [0.4, 0.5) is 11.4 Å². The van der Waals surface area contributed by atoms with Crippen LogP contribution in [-0.4, -0.2) is 49.7 Å². The number of nitrogens with zero attached hydrogens (tertiary/aromatic N) is 2. The van der Waals surface area contributed by atoms with E-state index in [1.165, 1.54) is 0 Å². The Morgan fingerprint density at radius 3 is 2.67 bits per heavy atom. The quantitative estimate of drug-likeness (QED) is 0.846. The highest BCUT2D eigenvalue weighted by molar-refractivity contribution is 6.00. The van der Waals surface area contributed by atoms with Gasteiger partial charge >= 0.3 is 0 Å². The fourth-order valence-corrected chi connectivity index (χ4v) is 2.89. The molecule has 0 aliphatic carbocycles. The van der Waals surface area contributed by atoms with Crippen LogP contribution in [0.15, 0.2) is 18.2 Å². The molecule has 0 radical (unpaired) electrons. The van der Waals surface area contributed by atoms with Gasteiger partial charge in [-0.25, -0.2) is 0 Å².